The lowest BCUT2D eigenvalue weighted by molar-refractivity contribution is -0.117. The number of carbonyl (C=O) groups excluding carboxylic acids is 1. The third-order valence-corrected chi connectivity index (χ3v) is 5.70. The molecule has 0 unspecified atom stereocenters. The molecule has 1 saturated heterocycles. The van der Waals surface area contributed by atoms with Gasteiger partial charge in [-0.1, -0.05) is 19.1 Å². The molecule has 0 saturated carbocycles. The van der Waals surface area contributed by atoms with Crippen LogP contribution in [0.2, 0.25) is 0 Å². The molecule has 0 atom stereocenters. The summed E-state index contributed by atoms with van der Waals surface area (Å²) in [6.07, 6.45) is 3.62. The molecule has 2 heterocycles. The number of fused-ring (bicyclic) bond motifs is 1. The topological polar surface area (TPSA) is 73.4 Å². The molecular weight excluding hydrogens is 388 g/mol. The Morgan fingerprint density at radius 1 is 1.03 bits per heavy atom. The zero-order valence-corrected chi connectivity index (χ0v) is 18.3. The Bertz CT molecular complexity index is 1050. The van der Waals surface area contributed by atoms with Crippen LogP contribution in [0.15, 0.2) is 48.8 Å². The highest BCUT2D eigenvalue weighted by Crippen LogP contribution is 2.26. The van der Waals surface area contributed by atoms with Crippen molar-refractivity contribution in [1.29, 1.82) is 0 Å². The summed E-state index contributed by atoms with van der Waals surface area (Å²) in [6.45, 7) is 6.49. The molecule has 0 radical (unpaired) electrons. The highest BCUT2D eigenvalue weighted by atomic mass is 16.2. The summed E-state index contributed by atoms with van der Waals surface area (Å²) >= 11 is 0. The van der Waals surface area contributed by atoms with E-state index >= 15 is 0 Å². The van der Waals surface area contributed by atoms with Crippen LogP contribution in [0, 0.1) is 0 Å². The minimum atomic E-state index is 0.00547. The van der Waals surface area contributed by atoms with Crippen LogP contribution in [0.1, 0.15) is 18.9 Å². The maximum atomic E-state index is 12.6. The summed E-state index contributed by atoms with van der Waals surface area (Å²) in [5.74, 6) is 0.732. The minimum absolute atomic E-state index is 0.00547. The van der Waals surface area contributed by atoms with Crippen molar-refractivity contribution in [2.45, 2.75) is 19.8 Å². The van der Waals surface area contributed by atoms with E-state index in [0.29, 0.717) is 6.54 Å². The van der Waals surface area contributed by atoms with Gasteiger partial charge in [0.15, 0.2) is 0 Å². The number of nitrogens with one attached hydrogen (secondary N) is 2. The molecule has 3 aromatic rings. The van der Waals surface area contributed by atoms with Crippen LogP contribution in [-0.4, -0.2) is 65.4 Å². The van der Waals surface area contributed by atoms with Gasteiger partial charge < -0.3 is 15.5 Å². The summed E-state index contributed by atoms with van der Waals surface area (Å²) in [5.41, 5.74) is 3.83. The Labute approximate surface area is 183 Å². The van der Waals surface area contributed by atoms with E-state index in [2.05, 4.69) is 56.5 Å². The van der Waals surface area contributed by atoms with Crippen molar-refractivity contribution < 1.29 is 4.79 Å². The Morgan fingerprint density at radius 2 is 1.94 bits per heavy atom. The van der Waals surface area contributed by atoms with E-state index in [1.54, 1.807) is 6.33 Å². The fourth-order valence-electron chi connectivity index (χ4n) is 3.90. The monoisotopic (exact) mass is 418 g/mol. The molecule has 0 bridgehead atoms. The van der Waals surface area contributed by atoms with Crippen LogP contribution >= 0.6 is 0 Å². The molecule has 0 aliphatic carbocycles. The van der Waals surface area contributed by atoms with Crippen LogP contribution in [0.3, 0.4) is 0 Å². The largest absolute Gasteiger partial charge is 0.340 e. The third kappa shape index (κ3) is 5.57. The van der Waals surface area contributed by atoms with Crippen molar-refractivity contribution >= 4 is 34.0 Å². The summed E-state index contributed by atoms with van der Waals surface area (Å²) in [4.78, 5) is 26.0. The fraction of sp³-hybridized carbons (Fsp3) is 0.375. The average molecular weight is 419 g/mol. The standard InChI is InChI=1S/C24H30N6O/c1-3-18-6-4-7-19(14-18)28-24-21-15-20(8-9-22(21)25-17-26-24)27-23(31)16-30-11-5-10-29(2)12-13-30/h4,6-9,14-15,17H,3,5,10-13,16H2,1-2H3,(H,27,31)(H,25,26,28). The number of benzene rings is 2. The molecular formula is C24H30N6O. The number of hydrogen-bond donors (Lipinski definition) is 2. The molecule has 1 fully saturated rings. The van der Waals surface area contributed by atoms with Crippen LogP contribution in [0.5, 0.6) is 0 Å². The zero-order chi connectivity index (χ0) is 21.6. The predicted octanol–water partition coefficient (Wildman–Crippen LogP) is 3.51. The molecule has 1 aromatic heterocycles. The van der Waals surface area contributed by atoms with Gasteiger partial charge in [0.2, 0.25) is 5.91 Å². The van der Waals surface area contributed by atoms with Crippen molar-refractivity contribution in [1.82, 2.24) is 19.8 Å². The van der Waals surface area contributed by atoms with Crippen LogP contribution in [0.25, 0.3) is 10.9 Å². The van der Waals surface area contributed by atoms with Gasteiger partial charge in [0.05, 0.1) is 12.1 Å². The van der Waals surface area contributed by atoms with Gasteiger partial charge in [-0.25, -0.2) is 9.97 Å². The number of nitrogens with zero attached hydrogens (tertiary/aromatic N) is 4. The first-order chi connectivity index (χ1) is 15.1. The average Bonchev–Trinajstić information content (AvgIpc) is 2.98. The predicted molar refractivity (Wildman–Crippen MR) is 126 cm³/mol. The molecule has 4 rings (SSSR count). The quantitative estimate of drug-likeness (QED) is 0.638. The zero-order valence-electron chi connectivity index (χ0n) is 18.3. The SMILES string of the molecule is CCc1cccc(Nc2ncnc3ccc(NC(=O)CN4CCCN(C)CC4)cc23)c1. The second-order valence-electron chi connectivity index (χ2n) is 8.11. The van der Waals surface area contributed by atoms with E-state index in [-0.39, 0.29) is 5.91 Å². The number of carbonyl (C=O) groups is 1. The molecule has 31 heavy (non-hydrogen) atoms. The van der Waals surface area contributed by atoms with Crippen LogP contribution in [-0.2, 0) is 11.2 Å². The van der Waals surface area contributed by atoms with E-state index < -0.39 is 0 Å². The lowest BCUT2D eigenvalue weighted by Gasteiger charge is -2.19. The highest BCUT2D eigenvalue weighted by molar-refractivity contribution is 5.97. The Kier molecular flexibility index (Phi) is 6.74. The van der Waals surface area contributed by atoms with Crippen molar-refractivity contribution in [2.75, 3.05) is 50.4 Å². The van der Waals surface area contributed by atoms with Crippen LogP contribution in [0.4, 0.5) is 17.2 Å². The number of anilines is 3. The molecule has 162 valence electrons. The lowest BCUT2D eigenvalue weighted by atomic mass is 10.1. The maximum absolute atomic E-state index is 12.6. The lowest BCUT2D eigenvalue weighted by Crippen LogP contribution is -2.35. The van der Waals surface area contributed by atoms with Gasteiger partial charge in [-0.2, -0.15) is 0 Å². The van der Waals surface area contributed by atoms with Crippen molar-refractivity contribution in [3.8, 4) is 0 Å². The van der Waals surface area contributed by atoms with Crippen LogP contribution < -0.4 is 10.6 Å². The number of aryl methyl sites for hydroxylation is 1. The summed E-state index contributed by atoms with van der Waals surface area (Å²) in [5, 5.41) is 7.32. The Morgan fingerprint density at radius 3 is 2.81 bits per heavy atom. The summed E-state index contributed by atoms with van der Waals surface area (Å²) < 4.78 is 0. The second-order valence-corrected chi connectivity index (χ2v) is 8.11. The highest BCUT2D eigenvalue weighted by Gasteiger charge is 2.15. The van der Waals surface area contributed by atoms with Crippen molar-refractivity contribution in [3.05, 3.63) is 54.4 Å². The van der Waals surface area contributed by atoms with Gasteiger partial charge in [0.1, 0.15) is 12.1 Å². The van der Waals surface area contributed by atoms with Gasteiger partial charge >= 0.3 is 0 Å². The molecule has 1 aliphatic rings. The van der Waals surface area contributed by atoms with E-state index in [1.165, 1.54) is 5.56 Å². The second kappa shape index (κ2) is 9.85. The molecule has 7 nitrogen and oxygen atoms in total. The molecule has 7 heteroatoms. The number of amides is 1. The first-order valence-corrected chi connectivity index (χ1v) is 10.9. The Hall–Kier alpha value is -3.03. The molecule has 1 aliphatic heterocycles. The molecule has 0 spiro atoms. The number of hydrogen-bond acceptors (Lipinski definition) is 6. The van der Waals surface area contributed by atoms with Gasteiger partial charge in [-0.15, -0.1) is 0 Å². The third-order valence-electron chi connectivity index (χ3n) is 5.70. The fourth-order valence-corrected chi connectivity index (χ4v) is 3.90. The van der Waals surface area contributed by atoms with Crippen molar-refractivity contribution in [3.63, 3.8) is 0 Å². The minimum Gasteiger partial charge on any atom is -0.340 e. The van der Waals surface area contributed by atoms with Crippen molar-refractivity contribution in [2.24, 2.45) is 0 Å². The van der Waals surface area contributed by atoms with E-state index in [0.717, 1.165) is 67.1 Å². The first kappa shape index (κ1) is 21.2. The normalized spacial score (nSPS) is 15.5. The van der Waals surface area contributed by atoms with Gasteiger partial charge in [-0.3, -0.25) is 9.69 Å². The Balaban J connectivity index is 1.49. The van der Waals surface area contributed by atoms with Gasteiger partial charge in [-0.05, 0) is 68.9 Å². The number of likely N-dealkylation sites (N-methyl/N-ethyl adjacent to an activating group) is 1. The maximum Gasteiger partial charge on any atom is 0.238 e. The summed E-state index contributed by atoms with van der Waals surface area (Å²) in [6, 6.07) is 14.0. The number of aromatic nitrogens is 2. The van der Waals surface area contributed by atoms with Gasteiger partial charge in [0, 0.05) is 29.9 Å². The molecule has 1 amide bonds. The summed E-state index contributed by atoms with van der Waals surface area (Å²) in [7, 11) is 2.13. The van der Waals surface area contributed by atoms with E-state index in [9.17, 15) is 4.79 Å². The number of rotatable bonds is 6. The van der Waals surface area contributed by atoms with Gasteiger partial charge in [0.25, 0.3) is 0 Å². The molecule has 2 N–H and O–H groups in total. The molecule has 2 aromatic carbocycles. The van der Waals surface area contributed by atoms with E-state index in [4.69, 9.17) is 0 Å². The smallest absolute Gasteiger partial charge is 0.238 e. The van der Waals surface area contributed by atoms with E-state index in [1.807, 2.05) is 30.3 Å². The first-order valence-electron chi connectivity index (χ1n) is 10.9.